The van der Waals surface area contributed by atoms with Gasteiger partial charge in [-0.1, -0.05) is 74.8 Å². The van der Waals surface area contributed by atoms with Crippen molar-refractivity contribution in [3.05, 3.63) is 48.6 Å². The van der Waals surface area contributed by atoms with E-state index in [0.29, 0.717) is 12.8 Å². The first-order valence-electron chi connectivity index (χ1n) is 10.1. The molecule has 0 saturated carbocycles. The lowest BCUT2D eigenvalue weighted by atomic mass is 10.1. The van der Waals surface area contributed by atoms with Crippen molar-refractivity contribution in [2.24, 2.45) is 0 Å². The van der Waals surface area contributed by atoms with E-state index in [1.165, 1.54) is 32.8 Å². The summed E-state index contributed by atoms with van der Waals surface area (Å²) in [5.74, 6) is -0.132. The van der Waals surface area contributed by atoms with Crippen LogP contribution in [-0.2, 0) is 9.53 Å². The van der Waals surface area contributed by atoms with Gasteiger partial charge in [-0.3, -0.25) is 4.79 Å². The average Bonchev–Trinajstić information content (AvgIpc) is 2.65. The number of esters is 1. The van der Waals surface area contributed by atoms with E-state index in [0.717, 1.165) is 32.1 Å². The summed E-state index contributed by atoms with van der Waals surface area (Å²) in [6.07, 6.45) is 27.1. The van der Waals surface area contributed by atoms with Gasteiger partial charge in [0.1, 0.15) is 0 Å². The van der Waals surface area contributed by atoms with Crippen molar-refractivity contribution >= 4 is 5.97 Å². The first kappa shape index (κ1) is 24.4. The van der Waals surface area contributed by atoms with E-state index in [-0.39, 0.29) is 5.97 Å². The predicted octanol–water partition coefficient (Wildman–Crippen LogP) is 6.06. The first-order chi connectivity index (χ1) is 12.7. The van der Waals surface area contributed by atoms with Gasteiger partial charge in [0, 0.05) is 6.42 Å². The van der Waals surface area contributed by atoms with Gasteiger partial charge in [0.2, 0.25) is 0 Å². The Bertz CT molecular complexity index is 433. The number of unbranched alkanes of at least 4 members (excludes halogenated alkanes) is 6. The molecule has 1 N–H and O–H groups in total. The van der Waals surface area contributed by atoms with Crippen LogP contribution in [0.3, 0.4) is 0 Å². The van der Waals surface area contributed by atoms with Crippen LogP contribution in [0.2, 0.25) is 0 Å². The Balaban J connectivity index is 3.59. The number of allylic oxidation sites excluding steroid dienone is 6. The molecule has 0 aromatic carbocycles. The average molecular weight is 363 g/mol. The molecule has 0 radical (unpaired) electrons. The van der Waals surface area contributed by atoms with Crippen LogP contribution in [0.15, 0.2) is 48.6 Å². The largest absolute Gasteiger partial charge is 0.469 e. The van der Waals surface area contributed by atoms with Crippen molar-refractivity contribution < 1.29 is 14.6 Å². The Morgan fingerprint density at radius 1 is 0.923 bits per heavy atom. The van der Waals surface area contributed by atoms with Crippen LogP contribution in [0.4, 0.5) is 0 Å². The standard InChI is InChI=1S/C23H38O3/c1-3-4-5-6-7-8-9-10-13-16-19-22(24)20-17-14-11-12-15-18-21-23(25)26-2/h7-8,10,13-14,16-17,19,22,24H,3-6,9,11-12,15,18,20-21H2,1-2H3/b8-7-,13-10-,17-14-,19-16+. The number of hydrogen-bond donors (Lipinski definition) is 1. The van der Waals surface area contributed by atoms with E-state index in [9.17, 15) is 9.90 Å². The van der Waals surface area contributed by atoms with Gasteiger partial charge in [0.05, 0.1) is 13.2 Å². The molecule has 0 aliphatic heterocycles. The second-order valence-corrected chi connectivity index (χ2v) is 6.47. The molecule has 1 atom stereocenters. The van der Waals surface area contributed by atoms with Gasteiger partial charge in [-0.25, -0.2) is 0 Å². The maximum Gasteiger partial charge on any atom is 0.305 e. The highest BCUT2D eigenvalue weighted by molar-refractivity contribution is 5.68. The van der Waals surface area contributed by atoms with E-state index in [4.69, 9.17) is 0 Å². The lowest BCUT2D eigenvalue weighted by molar-refractivity contribution is -0.140. The van der Waals surface area contributed by atoms with Crippen LogP contribution < -0.4 is 0 Å². The van der Waals surface area contributed by atoms with Crippen LogP contribution in [0.25, 0.3) is 0 Å². The summed E-state index contributed by atoms with van der Waals surface area (Å²) in [5, 5.41) is 9.86. The van der Waals surface area contributed by atoms with Gasteiger partial charge >= 0.3 is 5.97 Å². The summed E-state index contributed by atoms with van der Waals surface area (Å²) >= 11 is 0. The van der Waals surface area contributed by atoms with E-state index in [2.05, 4.69) is 36.0 Å². The predicted molar refractivity (Wildman–Crippen MR) is 111 cm³/mol. The van der Waals surface area contributed by atoms with Crippen molar-refractivity contribution in [2.75, 3.05) is 7.11 Å². The zero-order valence-corrected chi connectivity index (χ0v) is 16.7. The van der Waals surface area contributed by atoms with Crippen LogP contribution in [0, 0.1) is 0 Å². The number of methoxy groups -OCH3 is 1. The van der Waals surface area contributed by atoms with Crippen LogP contribution >= 0.6 is 0 Å². The van der Waals surface area contributed by atoms with Crippen molar-refractivity contribution in [3.8, 4) is 0 Å². The Morgan fingerprint density at radius 3 is 2.38 bits per heavy atom. The minimum atomic E-state index is -0.431. The van der Waals surface area contributed by atoms with E-state index >= 15 is 0 Å². The Hall–Kier alpha value is -1.61. The lowest BCUT2D eigenvalue weighted by Crippen LogP contribution is -1.99. The highest BCUT2D eigenvalue weighted by atomic mass is 16.5. The summed E-state index contributed by atoms with van der Waals surface area (Å²) < 4.78 is 4.60. The van der Waals surface area contributed by atoms with E-state index in [1.54, 1.807) is 0 Å². The molecule has 148 valence electrons. The van der Waals surface area contributed by atoms with Gasteiger partial charge in [-0.05, 0) is 44.9 Å². The molecule has 1 unspecified atom stereocenters. The number of hydrogen-bond acceptors (Lipinski definition) is 3. The summed E-state index contributed by atoms with van der Waals surface area (Å²) in [6, 6.07) is 0. The molecule has 0 aromatic heterocycles. The Labute approximate surface area is 160 Å². The molecular weight excluding hydrogens is 324 g/mol. The number of carbonyl (C=O) groups is 1. The van der Waals surface area contributed by atoms with Gasteiger partial charge in [-0.2, -0.15) is 0 Å². The number of aliphatic hydroxyl groups excluding tert-OH is 1. The summed E-state index contributed by atoms with van der Waals surface area (Å²) in [4.78, 5) is 11.0. The fraction of sp³-hybridized carbons (Fsp3) is 0.609. The van der Waals surface area contributed by atoms with Gasteiger partial charge in [-0.15, -0.1) is 0 Å². The molecule has 3 heteroatoms. The van der Waals surface area contributed by atoms with Crippen LogP contribution in [-0.4, -0.2) is 24.3 Å². The lowest BCUT2D eigenvalue weighted by Gasteiger charge is -2.00. The highest BCUT2D eigenvalue weighted by Crippen LogP contribution is 2.06. The van der Waals surface area contributed by atoms with Crippen LogP contribution in [0.5, 0.6) is 0 Å². The fourth-order valence-electron chi connectivity index (χ4n) is 2.40. The maximum absolute atomic E-state index is 11.0. The maximum atomic E-state index is 11.0. The van der Waals surface area contributed by atoms with Crippen LogP contribution in [0.1, 0.15) is 77.6 Å². The molecule has 0 bridgehead atoms. The molecule has 26 heavy (non-hydrogen) atoms. The molecule has 0 aliphatic carbocycles. The van der Waals surface area contributed by atoms with Gasteiger partial charge in [0.15, 0.2) is 0 Å². The smallest absolute Gasteiger partial charge is 0.305 e. The molecule has 0 aromatic rings. The quantitative estimate of drug-likeness (QED) is 0.157. The SMILES string of the molecule is CCCCC/C=C\C/C=C\C=C\C(O)C/C=C\CCCCCC(=O)OC. The fourth-order valence-corrected chi connectivity index (χ4v) is 2.40. The summed E-state index contributed by atoms with van der Waals surface area (Å²) in [5.41, 5.74) is 0. The molecule has 0 spiro atoms. The molecule has 0 heterocycles. The summed E-state index contributed by atoms with van der Waals surface area (Å²) in [6.45, 7) is 2.22. The van der Waals surface area contributed by atoms with Crippen molar-refractivity contribution in [2.45, 2.75) is 83.7 Å². The Kier molecular flexibility index (Phi) is 18.5. The van der Waals surface area contributed by atoms with Crippen molar-refractivity contribution in [3.63, 3.8) is 0 Å². The molecule has 0 fully saturated rings. The van der Waals surface area contributed by atoms with E-state index < -0.39 is 6.10 Å². The molecule has 0 aliphatic rings. The number of carbonyl (C=O) groups excluding carboxylic acids is 1. The van der Waals surface area contributed by atoms with Gasteiger partial charge < -0.3 is 9.84 Å². The molecular formula is C23H38O3. The van der Waals surface area contributed by atoms with Crippen molar-refractivity contribution in [1.82, 2.24) is 0 Å². The third-order valence-electron chi connectivity index (χ3n) is 4.02. The zero-order chi connectivity index (χ0) is 19.3. The number of rotatable bonds is 16. The second kappa shape index (κ2) is 19.7. The molecule has 0 saturated heterocycles. The third-order valence-corrected chi connectivity index (χ3v) is 4.02. The third kappa shape index (κ3) is 18.7. The molecule has 0 rings (SSSR count). The van der Waals surface area contributed by atoms with E-state index in [1.807, 2.05) is 24.3 Å². The molecule has 0 amide bonds. The topological polar surface area (TPSA) is 46.5 Å². The first-order valence-corrected chi connectivity index (χ1v) is 10.1. The minimum absolute atomic E-state index is 0.132. The number of aliphatic hydroxyl groups is 1. The highest BCUT2D eigenvalue weighted by Gasteiger charge is 1.98. The minimum Gasteiger partial charge on any atom is -0.469 e. The normalized spacial score (nSPS) is 13.5. The zero-order valence-electron chi connectivity index (χ0n) is 16.7. The number of ether oxygens (including phenoxy) is 1. The summed E-state index contributed by atoms with van der Waals surface area (Å²) in [7, 11) is 1.42. The monoisotopic (exact) mass is 362 g/mol. The Morgan fingerprint density at radius 2 is 1.65 bits per heavy atom. The van der Waals surface area contributed by atoms with Gasteiger partial charge in [0.25, 0.3) is 0 Å². The van der Waals surface area contributed by atoms with Crippen molar-refractivity contribution in [1.29, 1.82) is 0 Å². The molecule has 3 nitrogen and oxygen atoms in total. The second-order valence-electron chi connectivity index (χ2n) is 6.47.